The molecule has 0 radical (unpaired) electrons. The highest BCUT2D eigenvalue weighted by Crippen LogP contribution is 2.17. The molecule has 6 nitrogen and oxygen atoms in total. The molecule has 0 saturated carbocycles. The molecule has 7 heteroatoms. The molecule has 0 unspecified atom stereocenters. The number of nitrogens with two attached hydrogens (primary N) is 2. The number of nitrogens with zero attached hydrogens (tertiary/aromatic N) is 2. The van der Waals surface area contributed by atoms with Gasteiger partial charge in [0.2, 0.25) is 10.0 Å². The highest BCUT2D eigenvalue weighted by molar-refractivity contribution is 7.88. The Kier molecular flexibility index (Phi) is 6.41. The van der Waals surface area contributed by atoms with Crippen molar-refractivity contribution in [1.82, 2.24) is 9.21 Å². The van der Waals surface area contributed by atoms with Crippen molar-refractivity contribution < 1.29 is 8.42 Å². The minimum atomic E-state index is -3.49. The summed E-state index contributed by atoms with van der Waals surface area (Å²) in [4.78, 5) is 1.96. The molecular formula is C18H26N4O2S. The van der Waals surface area contributed by atoms with Crippen molar-refractivity contribution in [3.05, 3.63) is 59.7 Å². The predicted molar refractivity (Wildman–Crippen MR) is 103 cm³/mol. The maximum Gasteiger partial charge on any atom is 0.218 e. The lowest BCUT2D eigenvalue weighted by Crippen LogP contribution is -2.37. The molecule has 2 aromatic rings. The van der Waals surface area contributed by atoms with E-state index in [9.17, 15) is 8.42 Å². The fraction of sp³-hybridized carbons (Fsp3) is 0.333. The topological polar surface area (TPSA) is 92.7 Å². The lowest BCUT2D eigenvalue weighted by molar-refractivity contribution is 0.329. The molecule has 0 bridgehead atoms. The SMILES string of the molecule is CN(C)CCN(Cc1cccc(N)c1)S(=O)(=O)Cc1cccc(N)c1. The van der Waals surface area contributed by atoms with Gasteiger partial charge >= 0.3 is 0 Å². The largest absolute Gasteiger partial charge is 0.399 e. The molecule has 0 spiro atoms. The van der Waals surface area contributed by atoms with Crippen LogP contribution in [-0.4, -0.2) is 44.8 Å². The van der Waals surface area contributed by atoms with Crippen LogP contribution in [0.5, 0.6) is 0 Å². The van der Waals surface area contributed by atoms with E-state index in [1.54, 1.807) is 36.4 Å². The smallest absolute Gasteiger partial charge is 0.218 e. The van der Waals surface area contributed by atoms with Gasteiger partial charge in [-0.3, -0.25) is 0 Å². The maximum atomic E-state index is 12.9. The molecule has 0 atom stereocenters. The molecule has 0 heterocycles. The van der Waals surface area contributed by atoms with Crippen molar-refractivity contribution in [3.63, 3.8) is 0 Å². The molecular weight excluding hydrogens is 336 g/mol. The Morgan fingerprint density at radius 2 is 1.44 bits per heavy atom. The molecule has 0 aliphatic carbocycles. The molecule has 25 heavy (non-hydrogen) atoms. The Labute approximate surface area is 150 Å². The van der Waals surface area contributed by atoms with Crippen LogP contribution in [0.2, 0.25) is 0 Å². The van der Waals surface area contributed by atoms with Crippen LogP contribution in [0.3, 0.4) is 0 Å². The Balaban J connectivity index is 2.22. The van der Waals surface area contributed by atoms with E-state index in [1.807, 2.05) is 31.1 Å². The zero-order valence-electron chi connectivity index (χ0n) is 14.7. The van der Waals surface area contributed by atoms with Gasteiger partial charge in [0.15, 0.2) is 0 Å². The van der Waals surface area contributed by atoms with Gasteiger partial charge in [-0.1, -0.05) is 24.3 Å². The average molecular weight is 362 g/mol. The van der Waals surface area contributed by atoms with Gasteiger partial charge in [0.25, 0.3) is 0 Å². The summed E-state index contributed by atoms with van der Waals surface area (Å²) >= 11 is 0. The molecule has 0 aliphatic heterocycles. The van der Waals surface area contributed by atoms with Crippen molar-refractivity contribution in [1.29, 1.82) is 0 Å². The molecule has 0 aromatic heterocycles. The fourth-order valence-electron chi connectivity index (χ4n) is 2.51. The van der Waals surface area contributed by atoms with Gasteiger partial charge in [0, 0.05) is 31.0 Å². The summed E-state index contributed by atoms with van der Waals surface area (Å²) in [5.74, 6) is -0.0756. The van der Waals surface area contributed by atoms with Crippen LogP contribution in [-0.2, 0) is 22.3 Å². The standard InChI is InChI=1S/C18H26N4O2S/c1-21(2)9-10-22(13-15-5-3-7-17(19)11-15)25(23,24)14-16-6-4-8-18(20)12-16/h3-8,11-12H,9-10,13-14,19-20H2,1-2H3. The number of anilines is 2. The Morgan fingerprint density at radius 1 is 0.880 bits per heavy atom. The number of sulfonamides is 1. The van der Waals surface area contributed by atoms with Gasteiger partial charge in [-0.2, -0.15) is 4.31 Å². The average Bonchev–Trinajstić information content (AvgIpc) is 2.50. The molecule has 2 aromatic carbocycles. The number of hydrogen-bond donors (Lipinski definition) is 2. The van der Waals surface area contributed by atoms with E-state index < -0.39 is 10.0 Å². The number of likely N-dealkylation sites (N-methyl/N-ethyl adjacent to an activating group) is 1. The second-order valence-corrected chi connectivity index (χ2v) is 8.35. The fourth-order valence-corrected chi connectivity index (χ4v) is 4.00. The summed E-state index contributed by atoms with van der Waals surface area (Å²) in [5, 5.41) is 0. The first kappa shape index (κ1) is 19.2. The van der Waals surface area contributed by atoms with Crippen molar-refractivity contribution in [3.8, 4) is 0 Å². The first-order valence-corrected chi connectivity index (χ1v) is 9.68. The molecule has 136 valence electrons. The monoisotopic (exact) mass is 362 g/mol. The lowest BCUT2D eigenvalue weighted by atomic mass is 10.2. The maximum absolute atomic E-state index is 12.9. The van der Waals surface area contributed by atoms with Crippen LogP contribution in [0, 0.1) is 0 Å². The predicted octanol–water partition coefficient (Wildman–Crippen LogP) is 1.74. The van der Waals surface area contributed by atoms with Crippen LogP contribution >= 0.6 is 0 Å². The molecule has 0 amide bonds. The van der Waals surface area contributed by atoms with Crippen molar-refractivity contribution >= 4 is 21.4 Å². The quantitative estimate of drug-likeness (QED) is 0.698. The van der Waals surface area contributed by atoms with Crippen LogP contribution in [0.4, 0.5) is 11.4 Å². The zero-order valence-corrected chi connectivity index (χ0v) is 15.5. The third kappa shape index (κ3) is 6.04. The number of hydrogen-bond acceptors (Lipinski definition) is 5. The molecule has 0 fully saturated rings. The van der Waals surface area contributed by atoms with Crippen LogP contribution in [0.25, 0.3) is 0 Å². The molecule has 0 aliphatic rings. The minimum absolute atomic E-state index is 0.0756. The van der Waals surface area contributed by atoms with Gasteiger partial charge in [0.1, 0.15) is 0 Å². The van der Waals surface area contributed by atoms with Crippen LogP contribution in [0.1, 0.15) is 11.1 Å². The van der Waals surface area contributed by atoms with E-state index in [1.165, 1.54) is 4.31 Å². The van der Waals surface area contributed by atoms with Gasteiger partial charge in [-0.15, -0.1) is 0 Å². The van der Waals surface area contributed by atoms with E-state index in [2.05, 4.69) is 0 Å². The number of benzene rings is 2. The lowest BCUT2D eigenvalue weighted by Gasteiger charge is -2.24. The third-order valence-electron chi connectivity index (χ3n) is 3.80. The van der Waals surface area contributed by atoms with Crippen LogP contribution in [0.15, 0.2) is 48.5 Å². The summed E-state index contributed by atoms with van der Waals surface area (Å²) in [6, 6.07) is 14.3. The van der Waals surface area contributed by atoms with Gasteiger partial charge < -0.3 is 16.4 Å². The second-order valence-electron chi connectivity index (χ2n) is 6.38. The van der Waals surface area contributed by atoms with Crippen molar-refractivity contribution in [2.24, 2.45) is 0 Å². The second kappa shape index (κ2) is 8.33. The summed E-state index contributed by atoms with van der Waals surface area (Å²) < 4.78 is 27.4. The van der Waals surface area contributed by atoms with E-state index >= 15 is 0 Å². The number of nitrogen functional groups attached to an aromatic ring is 2. The van der Waals surface area contributed by atoms with E-state index in [0.29, 0.717) is 36.6 Å². The normalized spacial score (nSPS) is 12.0. The summed E-state index contributed by atoms with van der Waals surface area (Å²) in [6.45, 7) is 1.34. The Bertz CT molecular complexity index is 806. The third-order valence-corrected chi connectivity index (χ3v) is 5.60. The molecule has 0 saturated heterocycles. The summed E-state index contributed by atoms with van der Waals surface area (Å²) in [7, 11) is 0.351. The minimum Gasteiger partial charge on any atom is -0.399 e. The van der Waals surface area contributed by atoms with E-state index in [0.717, 1.165) is 5.56 Å². The first-order chi connectivity index (χ1) is 11.8. The van der Waals surface area contributed by atoms with Gasteiger partial charge in [0.05, 0.1) is 5.75 Å². The van der Waals surface area contributed by atoms with Crippen molar-refractivity contribution in [2.75, 3.05) is 38.7 Å². The van der Waals surface area contributed by atoms with Gasteiger partial charge in [-0.05, 0) is 49.5 Å². The first-order valence-electron chi connectivity index (χ1n) is 8.07. The highest BCUT2D eigenvalue weighted by Gasteiger charge is 2.23. The van der Waals surface area contributed by atoms with E-state index in [4.69, 9.17) is 11.5 Å². The zero-order chi connectivity index (χ0) is 18.4. The molecule has 4 N–H and O–H groups in total. The van der Waals surface area contributed by atoms with E-state index in [-0.39, 0.29) is 5.75 Å². The Morgan fingerprint density at radius 3 is 2.00 bits per heavy atom. The summed E-state index contributed by atoms with van der Waals surface area (Å²) in [5.41, 5.74) is 14.3. The molecule has 2 rings (SSSR count). The van der Waals surface area contributed by atoms with Gasteiger partial charge in [-0.25, -0.2) is 8.42 Å². The number of rotatable bonds is 8. The Hall–Kier alpha value is -2.09. The van der Waals surface area contributed by atoms with Crippen molar-refractivity contribution in [2.45, 2.75) is 12.3 Å². The summed E-state index contributed by atoms with van der Waals surface area (Å²) in [6.07, 6.45) is 0. The van der Waals surface area contributed by atoms with Crippen LogP contribution < -0.4 is 11.5 Å². The highest BCUT2D eigenvalue weighted by atomic mass is 32.2.